The lowest BCUT2D eigenvalue weighted by atomic mass is 10.2. The van der Waals surface area contributed by atoms with Crippen molar-refractivity contribution in [2.75, 3.05) is 19.7 Å². The van der Waals surface area contributed by atoms with Gasteiger partial charge in [-0.1, -0.05) is 18.2 Å². The van der Waals surface area contributed by atoms with Crippen molar-refractivity contribution in [2.24, 2.45) is 0 Å². The molecule has 118 valence electrons. The van der Waals surface area contributed by atoms with Gasteiger partial charge in [-0.15, -0.1) is 0 Å². The summed E-state index contributed by atoms with van der Waals surface area (Å²) < 4.78 is 5.56. The second-order valence-corrected chi connectivity index (χ2v) is 5.41. The standard InChI is InChI=1S/C16H26N2O3/c1-12(2)18-16(20)8-9-17-10-14(19)11-21-15-7-5-4-6-13(15)3/h4-7,12,14,17,19H,8-11H2,1-3H3,(H,18,20). The summed E-state index contributed by atoms with van der Waals surface area (Å²) in [6.45, 7) is 7.00. The molecule has 3 N–H and O–H groups in total. The van der Waals surface area contributed by atoms with E-state index in [1.807, 2.05) is 45.0 Å². The predicted molar refractivity (Wildman–Crippen MR) is 83.4 cm³/mol. The minimum Gasteiger partial charge on any atom is -0.491 e. The number of carbonyl (C=O) groups excluding carboxylic acids is 1. The van der Waals surface area contributed by atoms with Crippen LogP contribution in [0.25, 0.3) is 0 Å². The average molecular weight is 294 g/mol. The van der Waals surface area contributed by atoms with Gasteiger partial charge < -0.3 is 20.5 Å². The van der Waals surface area contributed by atoms with Gasteiger partial charge >= 0.3 is 0 Å². The summed E-state index contributed by atoms with van der Waals surface area (Å²) in [6.07, 6.45) is -0.193. The number of rotatable bonds is 9. The smallest absolute Gasteiger partial charge is 0.221 e. The molecule has 0 heterocycles. The van der Waals surface area contributed by atoms with Crippen molar-refractivity contribution in [1.29, 1.82) is 0 Å². The number of benzene rings is 1. The Morgan fingerprint density at radius 1 is 1.33 bits per heavy atom. The van der Waals surface area contributed by atoms with Crippen molar-refractivity contribution >= 4 is 5.91 Å². The number of hydrogen-bond acceptors (Lipinski definition) is 4. The highest BCUT2D eigenvalue weighted by Gasteiger charge is 2.07. The fourth-order valence-electron chi connectivity index (χ4n) is 1.83. The summed E-state index contributed by atoms with van der Waals surface area (Å²) in [5.74, 6) is 0.802. The zero-order chi connectivity index (χ0) is 15.7. The predicted octanol–water partition coefficient (Wildman–Crippen LogP) is 1.24. The molecule has 0 aliphatic heterocycles. The lowest BCUT2D eigenvalue weighted by Gasteiger charge is -2.14. The molecular weight excluding hydrogens is 268 g/mol. The summed E-state index contributed by atoms with van der Waals surface area (Å²) in [7, 11) is 0. The van der Waals surface area contributed by atoms with Gasteiger partial charge in [0, 0.05) is 25.6 Å². The zero-order valence-corrected chi connectivity index (χ0v) is 13.1. The van der Waals surface area contributed by atoms with Crippen molar-refractivity contribution < 1.29 is 14.6 Å². The van der Waals surface area contributed by atoms with E-state index in [0.29, 0.717) is 19.5 Å². The topological polar surface area (TPSA) is 70.6 Å². The van der Waals surface area contributed by atoms with E-state index in [1.54, 1.807) is 0 Å². The third kappa shape index (κ3) is 7.68. The normalized spacial score (nSPS) is 12.2. The number of ether oxygens (including phenoxy) is 1. The van der Waals surface area contributed by atoms with Crippen LogP contribution in [0.4, 0.5) is 0 Å². The lowest BCUT2D eigenvalue weighted by Crippen LogP contribution is -2.36. The van der Waals surface area contributed by atoms with Crippen LogP contribution in [0, 0.1) is 6.92 Å². The minimum atomic E-state index is -0.599. The van der Waals surface area contributed by atoms with Crippen molar-refractivity contribution in [2.45, 2.75) is 39.3 Å². The van der Waals surface area contributed by atoms with Crippen LogP contribution < -0.4 is 15.4 Å². The molecule has 5 nitrogen and oxygen atoms in total. The molecule has 1 amide bonds. The molecule has 0 saturated carbocycles. The van der Waals surface area contributed by atoms with E-state index in [9.17, 15) is 9.90 Å². The Balaban J connectivity index is 2.13. The largest absolute Gasteiger partial charge is 0.491 e. The van der Waals surface area contributed by atoms with Crippen LogP contribution in [-0.2, 0) is 4.79 Å². The number of hydrogen-bond donors (Lipinski definition) is 3. The Morgan fingerprint density at radius 2 is 2.05 bits per heavy atom. The first-order chi connectivity index (χ1) is 9.99. The number of aliphatic hydroxyl groups is 1. The molecule has 0 aliphatic rings. The summed E-state index contributed by atoms with van der Waals surface area (Å²) in [5.41, 5.74) is 1.04. The van der Waals surface area contributed by atoms with Crippen molar-refractivity contribution in [1.82, 2.24) is 10.6 Å². The molecule has 1 unspecified atom stereocenters. The van der Waals surface area contributed by atoms with E-state index in [0.717, 1.165) is 11.3 Å². The number of aryl methyl sites for hydroxylation is 1. The van der Waals surface area contributed by atoms with E-state index in [1.165, 1.54) is 0 Å². The van der Waals surface area contributed by atoms with Crippen LogP contribution in [0.15, 0.2) is 24.3 Å². The quantitative estimate of drug-likeness (QED) is 0.599. The van der Waals surface area contributed by atoms with Crippen LogP contribution in [0.2, 0.25) is 0 Å². The van der Waals surface area contributed by atoms with E-state index in [4.69, 9.17) is 4.74 Å². The maximum Gasteiger partial charge on any atom is 0.221 e. The van der Waals surface area contributed by atoms with E-state index in [2.05, 4.69) is 10.6 Å². The molecule has 1 atom stereocenters. The summed E-state index contributed by atoms with van der Waals surface area (Å²) >= 11 is 0. The number of nitrogens with one attached hydrogen (secondary N) is 2. The summed E-state index contributed by atoms with van der Waals surface area (Å²) in [4.78, 5) is 11.4. The monoisotopic (exact) mass is 294 g/mol. The van der Waals surface area contributed by atoms with Gasteiger partial charge in [0.2, 0.25) is 5.91 Å². The molecule has 21 heavy (non-hydrogen) atoms. The average Bonchev–Trinajstić information content (AvgIpc) is 2.42. The Morgan fingerprint density at radius 3 is 2.71 bits per heavy atom. The molecule has 5 heteroatoms. The molecule has 1 aromatic carbocycles. The van der Waals surface area contributed by atoms with Gasteiger partial charge in [-0.2, -0.15) is 0 Å². The van der Waals surface area contributed by atoms with Crippen molar-refractivity contribution in [3.05, 3.63) is 29.8 Å². The molecule has 0 saturated heterocycles. The highest BCUT2D eigenvalue weighted by molar-refractivity contribution is 5.76. The Bertz CT molecular complexity index is 435. The van der Waals surface area contributed by atoms with E-state index in [-0.39, 0.29) is 18.6 Å². The molecule has 0 spiro atoms. The van der Waals surface area contributed by atoms with E-state index >= 15 is 0 Å². The van der Waals surface area contributed by atoms with Gasteiger partial charge in [0.15, 0.2) is 0 Å². The van der Waals surface area contributed by atoms with Crippen LogP contribution in [-0.4, -0.2) is 42.9 Å². The highest BCUT2D eigenvalue weighted by atomic mass is 16.5. The maximum absolute atomic E-state index is 11.4. The van der Waals surface area contributed by atoms with Gasteiger partial charge in [0.25, 0.3) is 0 Å². The first-order valence-electron chi connectivity index (χ1n) is 7.35. The second kappa shape index (κ2) is 9.37. The summed E-state index contributed by atoms with van der Waals surface area (Å²) in [5, 5.41) is 15.7. The van der Waals surface area contributed by atoms with Crippen molar-refractivity contribution in [3.63, 3.8) is 0 Å². The van der Waals surface area contributed by atoms with Crippen LogP contribution in [0.5, 0.6) is 5.75 Å². The number of carbonyl (C=O) groups is 1. The molecule has 0 aromatic heterocycles. The maximum atomic E-state index is 11.4. The molecule has 1 rings (SSSR count). The minimum absolute atomic E-state index is 0.0168. The fraction of sp³-hybridized carbons (Fsp3) is 0.562. The second-order valence-electron chi connectivity index (χ2n) is 5.41. The third-order valence-electron chi connectivity index (χ3n) is 2.88. The van der Waals surface area contributed by atoms with Gasteiger partial charge in [0.1, 0.15) is 18.5 Å². The van der Waals surface area contributed by atoms with Gasteiger partial charge in [0.05, 0.1) is 0 Å². The molecule has 1 aromatic rings. The Labute approximate surface area is 126 Å². The van der Waals surface area contributed by atoms with Gasteiger partial charge in [-0.3, -0.25) is 4.79 Å². The van der Waals surface area contributed by atoms with Crippen LogP contribution in [0.3, 0.4) is 0 Å². The van der Waals surface area contributed by atoms with E-state index < -0.39 is 6.10 Å². The fourth-order valence-corrected chi connectivity index (χ4v) is 1.83. The lowest BCUT2D eigenvalue weighted by molar-refractivity contribution is -0.121. The van der Waals surface area contributed by atoms with Crippen LogP contribution >= 0.6 is 0 Å². The number of para-hydroxylation sites is 1. The van der Waals surface area contributed by atoms with Gasteiger partial charge in [-0.25, -0.2) is 0 Å². The molecule has 0 bridgehead atoms. The highest BCUT2D eigenvalue weighted by Crippen LogP contribution is 2.16. The summed E-state index contributed by atoms with van der Waals surface area (Å²) in [6, 6.07) is 7.85. The zero-order valence-electron chi connectivity index (χ0n) is 13.1. The first kappa shape index (κ1) is 17.5. The molecule has 0 radical (unpaired) electrons. The van der Waals surface area contributed by atoms with Crippen LogP contribution in [0.1, 0.15) is 25.8 Å². The third-order valence-corrected chi connectivity index (χ3v) is 2.88. The first-order valence-corrected chi connectivity index (χ1v) is 7.35. The number of amides is 1. The molecular formula is C16H26N2O3. The number of aliphatic hydroxyl groups excluding tert-OH is 1. The molecule has 0 aliphatic carbocycles. The SMILES string of the molecule is Cc1ccccc1OCC(O)CNCCC(=O)NC(C)C. The molecule has 0 fully saturated rings. The Kier molecular flexibility index (Phi) is 7.79. The van der Waals surface area contributed by atoms with Gasteiger partial charge in [-0.05, 0) is 32.4 Å². The Hall–Kier alpha value is -1.59. The van der Waals surface area contributed by atoms with Crippen molar-refractivity contribution in [3.8, 4) is 5.75 Å².